The molecule has 0 aromatic heterocycles. The van der Waals surface area contributed by atoms with Crippen LogP contribution in [0, 0.1) is 5.92 Å². The summed E-state index contributed by atoms with van der Waals surface area (Å²) < 4.78 is 12.1. The van der Waals surface area contributed by atoms with Gasteiger partial charge in [-0.1, -0.05) is 107 Å². The molecule has 1 aliphatic rings. The van der Waals surface area contributed by atoms with Crippen LogP contribution in [-0.4, -0.2) is 45.9 Å². The largest absolute Gasteiger partial charge is 0.507 e. The van der Waals surface area contributed by atoms with Crippen LogP contribution < -0.4 is 5.32 Å². The van der Waals surface area contributed by atoms with Crippen molar-refractivity contribution < 1.29 is 29.3 Å². The fourth-order valence-electron chi connectivity index (χ4n) is 7.86. The lowest BCUT2D eigenvalue weighted by atomic mass is 9.74. The number of phenols is 2. The SMILES string of the molecule is CC1(C)CC(C(COC(=O)CCc2cc(C(C)(C)C)c(O)c(C(C)(C)C)c2)OC(=O)CCc2cc(C(C)(C)C)c(O)c(C(C)(C)C)c2)CC(C)(C)N1. The number of phenolic OH excluding ortho intramolecular Hbond substituents is 2. The Labute approximate surface area is 315 Å². The molecule has 1 aliphatic heterocycles. The van der Waals surface area contributed by atoms with E-state index in [2.05, 4.69) is 116 Å². The normalized spacial score (nSPS) is 17.5. The molecule has 0 saturated carbocycles. The molecule has 1 unspecified atom stereocenters. The maximum atomic E-state index is 13.6. The summed E-state index contributed by atoms with van der Waals surface area (Å²) in [5.74, 6) is -0.0360. The number of piperidine rings is 1. The molecule has 1 atom stereocenters. The molecule has 7 heteroatoms. The summed E-state index contributed by atoms with van der Waals surface area (Å²) in [6.45, 7) is 33.6. The Morgan fingerprint density at radius 1 is 0.654 bits per heavy atom. The van der Waals surface area contributed by atoms with Crippen LogP contribution in [0.2, 0.25) is 0 Å². The van der Waals surface area contributed by atoms with Crippen molar-refractivity contribution in [2.24, 2.45) is 5.92 Å². The summed E-state index contributed by atoms with van der Waals surface area (Å²) in [5.41, 5.74) is 3.98. The van der Waals surface area contributed by atoms with Gasteiger partial charge in [-0.15, -0.1) is 0 Å². The quantitative estimate of drug-likeness (QED) is 0.210. The number of ether oxygens (including phenoxy) is 2. The summed E-state index contributed by atoms with van der Waals surface area (Å²) in [7, 11) is 0. The molecule has 52 heavy (non-hydrogen) atoms. The Hall–Kier alpha value is -3.06. The van der Waals surface area contributed by atoms with Crippen LogP contribution in [0.4, 0.5) is 0 Å². The molecule has 3 rings (SSSR count). The van der Waals surface area contributed by atoms with E-state index in [1.165, 1.54) is 0 Å². The molecule has 1 heterocycles. The maximum absolute atomic E-state index is 13.6. The Balaban J connectivity index is 1.80. The van der Waals surface area contributed by atoms with Crippen molar-refractivity contribution in [1.82, 2.24) is 5.32 Å². The van der Waals surface area contributed by atoms with Gasteiger partial charge in [-0.25, -0.2) is 0 Å². The molecule has 0 aliphatic carbocycles. The Kier molecular flexibility index (Phi) is 12.8. The van der Waals surface area contributed by atoms with Gasteiger partial charge in [-0.3, -0.25) is 9.59 Å². The van der Waals surface area contributed by atoms with Crippen LogP contribution in [0.25, 0.3) is 0 Å². The first-order chi connectivity index (χ1) is 23.4. The summed E-state index contributed by atoms with van der Waals surface area (Å²) in [6, 6.07) is 8.03. The highest BCUT2D eigenvalue weighted by molar-refractivity contribution is 5.71. The van der Waals surface area contributed by atoms with Gasteiger partial charge < -0.3 is 25.0 Å². The average molecular weight is 722 g/mol. The van der Waals surface area contributed by atoms with Gasteiger partial charge in [0.1, 0.15) is 24.2 Å². The minimum atomic E-state index is -0.583. The van der Waals surface area contributed by atoms with Gasteiger partial charge in [0.2, 0.25) is 0 Å². The molecular weight excluding hydrogens is 650 g/mol. The van der Waals surface area contributed by atoms with Crippen LogP contribution in [0.15, 0.2) is 24.3 Å². The molecule has 7 nitrogen and oxygen atoms in total. The molecule has 1 fully saturated rings. The van der Waals surface area contributed by atoms with Crippen LogP contribution in [-0.2, 0) is 53.6 Å². The first-order valence-electron chi connectivity index (χ1n) is 19.3. The number of carbonyl (C=O) groups is 2. The van der Waals surface area contributed by atoms with Gasteiger partial charge in [-0.2, -0.15) is 0 Å². The van der Waals surface area contributed by atoms with E-state index in [-0.39, 0.29) is 70.0 Å². The van der Waals surface area contributed by atoms with Crippen molar-refractivity contribution in [1.29, 1.82) is 0 Å². The molecule has 3 N–H and O–H groups in total. The fraction of sp³-hybridized carbons (Fsp3) is 0.689. The van der Waals surface area contributed by atoms with Gasteiger partial charge >= 0.3 is 11.9 Å². The lowest BCUT2D eigenvalue weighted by Gasteiger charge is -2.48. The van der Waals surface area contributed by atoms with E-state index in [9.17, 15) is 19.8 Å². The highest BCUT2D eigenvalue weighted by Crippen LogP contribution is 2.42. The standard InChI is InChI=1S/C45H71NO6/c1-40(2,3)31-21-28(22-32(38(31)49)41(4,5)6)17-19-36(47)51-27-35(30-25-44(13,14)46-45(15,16)26-30)52-37(48)20-18-29-23-33(42(7,8)9)39(50)34(24-29)43(10,11)12/h21-24,30,35,46,49-50H,17-20,25-27H2,1-16H3. The fourth-order valence-corrected chi connectivity index (χ4v) is 7.86. The van der Waals surface area contributed by atoms with E-state index >= 15 is 0 Å². The van der Waals surface area contributed by atoms with Crippen molar-refractivity contribution in [3.8, 4) is 11.5 Å². The number of rotatable bonds is 10. The van der Waals surface area contributed by atoms with Crippen LogP contribution in [0.3, 0.4) is 0 Å². The van der Waals surface area contributed by atoms with Crippen molar-refractivity contribution in [2.75, 3.05) is 6.61 Å². The monoisotopic (exact) mass is 722 g/mol. The minimum Gasteiger partial charge on any atom is -0.507 e. The lowest BCUT2D eigenvalue weighted by Crippen LogP contribution is -2.60. The Bertz CT molecular complexity index is 1500. The van der Waals surface area contributed by atoms with Gasteiger partial charge in [0.25, 0.3) is 0 Å². The highest BCUT2D eigenvalue weighted by Gasteiger charge is 2.42. The van der Waals surface area contributed by atoms with Crippen molar-refractivity contribution >= 4 is 11.9 Å². The predicted octanol–water partition coefficient (Wildman–Crippen LogP) is 9.87. The minimum absolute atomic E-state index is 0.000978. The van der Waals surface area contributed by atoms with Crippen LogP contribution >= 0.6 is 0 Å². The summed E-state index contributed by atoms with van der Waals surface area (Å²) >= 11 is 0. The zero-order valence-electron chi connectivity index (χ0n) is 35.4. The second-order valence-corrected chi connectivity index (χ2v) is 20.9. The molecule has 2 aromatic carbocycles. The molecule has 0 bridgehead atoms. The molecule has 2 aromatic rings. The summed E-state index contributed by atoms with van der Waals surface area (Å²) in [4.78, 5) is 26.9. The first-order valence-corrected chi connectivity index (χ1v) is 19.3. The highest BCUT2D eigenvalue weighted by atomic mass is 16.6. The third-order valence-electron chi connectivity index (χ3n) is 10.2. The third kappa shape index (κ3) is 11.7. The summed E-state index contributed by atoms with van der Waals surface area (Å²) in [6.07, 6.45) is 2.26. The smallest absolute Gasteiger partial charge is 0.306 e. The Morgan fingerprint density at radius 2 is 0.981 bits per heavy atom. The second-order valence-electron chi connectivity index (χ2n) is 20.9. The molecule has 292 valence electrons. The predicted molar refractivity (Wildman–Crippen MR) is 213 cm³/mol. The average Bonchev–Trinajstić information content (AvgIpc) is 2.94. The van der Waals surface area contributed by atoms with Gasteiger partial charge in [0, 0.05) is 29.8 Å². The zero-order valence-corrected chi connectivity index (χ0v) is 35.4. The molecule has 0 spiro atoms. The van der Waals surface area contributed by atoms with Crippen LogP contribution in [0.1, 0.15) is 170 Å². The maximum Gasteiger partial charge on any atom is 0.306 e. The van der Waals surface area contributed by atoms with Crippen molar-refractivity contribution in [2.45, 2.75) is 188 Å². The Morgan fingerprint density at radius 3 is 1.31 bits per heavy atom. The van der Waals surface area contributed by atoms with Crippen molar-refractivity contribution in [3.63, 3.8) is 0 Å². The van der Waals surface area contributed by atoms with E-state index in [1.807, 2.05) is 24.3 Å². The van der Waals surface area contributed by atoms with Crippen molar-refractivity contribution in [3.05, 3.63) is 57.6 Å². The number of benzene rings is 2. The third-order valence-corrected chi connectivity index (χ3v) is 10.2. The molecule has 1 saturated heterocycles. The van der Waals surface area contributed by atoms with Crippen LogP contribution in [0.5, 0.6) is 11.5 Å². The number of hydrogen-bond donors (Lipinski definition) is 3. The van der Waals surface area contributed by atoms with E-state index in [0.29, 0.717) is 24.3 Å². The lowest BCUT2D eigenvalue weighted by molar-refractivity contribution is -0.164. The van der Waals surface area contributed by atoms with Gasteiger partial charge in [-0.05, 0) is 108 Å². The molecule has 0 amide bonds. The number of esters is 2. The number of hydrogen-bond acceptors (Lipinski definition) is 7. The number of aryl methyl sites for hydroxylation is 2. The van der Waals surface area contributed by atoms with Gasteiger partial charge in [0.15, 0.2) is 0 Å². The first kappa shape index (κ1) is 43.3. The van der Waals surface area contributed by atoms with E-state index in [1.54, 1.807) is 0 Å². The van der Waals surface area contributed by atoms with E-state index in [4.69, 9.17) is 9.47 Å². The molecular formula is C45H71NO6. The second kappa shape index (κ2) is 15.4. The number of nitrogens with one attached hydrogen (secondary N) is 1. The topological polar surface area (TPSA) is 105 Å². The van der Waals surface area contributed by atoms with E-state index in [0.717, 1.165) is 46.2 Å². The summed E-state index contributed by atoms with van der Waals surface area (Å²) in [5, 5.41) is 26.0. The van der Waals surface area contributed by atoms with Gasteiger partial charge in [0.05, 0.1) is 0 Å². The molecule has 0 radical (unpaired) electrons. The number of aromatic hydroxyl groups is 2. The van der Waals surface area contributed by atoms with E-state index < -0.39 is 6.10 Å². The zero-order chi connectivity index (χ0) is 39.8. The number of carbonyl (C=O) groups excluding carboxylic acids is 2.